The van der Waals surface area contributed by atoms with E-state index >= 15 is 0 Å². The van der Waals surface area contributed by atoms with Crippen molar-refractivity contribution in [3.8, 4) is 0 Å². The van der Waals surface area contributed by atoms with E-state index in [0.29, 0.717) is 16.4 Å². The van der Waals surface area contributed by atoms with E-state index in [-0.39, 0.29) is 22.2 Å². The second-order valence-corrected chi connectivity index (χ2v) is 5.57. The summed E-state index contributed by atoms with van der Waals surface area (Å²) in [6.45, 7) is 1.33. The Kier molecular flexibility index (Phi) is 5.38. The molecule has 2 N–H and O–H groups in total. The maximum Gasteiger partial charge on any atom is 0.288 e. The van der Waals surface area contributed by atoms with Crippen molar-refractivity contribution < 1.29 is 14.5 Å². The molecule has 0 aliphatic heterocycles. The molecule has 2 rings (SSSR count). The highest BCUT2D eigenvalue weighted by atomic mass is 35.5. The molecule has 7 nitrogen and oxygen atoms in total. The maximum atomic E-state index is 12.2. The first-order valence-corrected chi connectivity index (χ1v) is 7.36. The molecule has 0 unspecified atom stereocenters. The molecule has 0 spiro atoms. The zero-order valence-corrected chi connectivity index (χ0v) is 13.8. The smallest absolute Gasteiger partial charge is 0.288 e. The van der Waals surface area contributed by atoms with E-state index in [2.05, 4.69) is 10.6 Å². The zero-order valence-electron chi connectivity index (χ0n) is 12.3. The van der Waals surface area contributed by atoms with Gasteiger partial charge in [-0.25, -0.2) is 0 Å². The van der Waals surface area contributed by atoms with Crippen molar-refractivity contribution >= 4 is 52.1 Å². The van der Waals surface area contributed by atoms with Gasteiger partial charge in [-0.1, -0.05) is 23.2 Å². The molecule has 0 aliphatic rings. The first kappa shape index (κ1) is 17.7. The quantitative estimate of drug-likeness (QED) is 0.626. The molecular weight excluding hydrogens is 357 g/mol. The largest absolute Gasteiger partial charge is 0.325 e. The second-order valence-electron chi connectivity index (χ2n) is 4.75. The Morgan fingerprint density at radius 1 is 1.04 bits per heavy atom. The van der Waals surface area contributed by atoms with Gasteiger partial charge in [0.15, 0.2) is 0 Å². The van der Waals surface area contributed by atoms with Crippen molar-refractivity contribution in [3.05, 3.63) is 62.1 Å². The van der Waals surface area contributed by atoms with Gasteiger partial charge in [0.2, 0.25) is 5.91 Å². The Hall–Kier alpha value is -2.64. The number of hydrogen-bond acceptors (Lipinski definition) is 4. The van der Waals surface area contributed by atoms with Crippen LogP contribution in [0.1, 0.15) is 17.3 Å². The van der Waals surface area contributed by atoms with Crippen LogP contribution in [-0.4, -0.2) is 16.7 Å². The topological polar surface area (TPSA) is 101 Å². The van der Waals surface area contributed by atoms with Crippen LogP contribution < -0.4 is 10.6 Å². The van der Waals surface area contributed by atoms with Gasteiger partial charge in [-0.2, -0.15) is 0 Å². The number of carbonyl (C=O) groups excluding carboxylic acids is 2. The van der Waals surface area contributed by atoms with E-state index in [1.165, 1.54) is 37.3 Å². The number of nitro groups is 1. The summed E-state index contributed by atoms with van der Waals surface area (Å²) in [6.07, 6.45) is 0. The Bertz CT molecular complexity index is 839. The molecule has 2 amide bonds. The summed E-state index contributed by atoms with van der Waals surface area (Å²) in [7, 11) is 0. The van der Waals surface area contributed by atoms with E-state index < -0.39 is 10.8 Å². The molecule has 24 heavy (non-hydrogen) atoms. The van der Waals surface area contributed by atoms with Crippen molar-refractivity contribution in [2.45, 2.75) is 6.92 Å². The molecule has 0 saturated heterocycles. The highest BCUT2D eigenvalue weighted by molar-refractivity contribution is 6.34. The number of nitro benzene ring substituents is 1. The third-order valence-corrected chi connectivity index (χ3v) is 3.59. The van der Waals surface area contributed by atoms with Crippen molar-refractivity contribution in [2.75, 3.05) is 10.6 Å². The average Bonchev–Trinajstić information content (AvgIpc) is 2.50. The Morgan fingerprint density at radius 3 is 2.33 bits per heavy atom. The molecule has 0 aliphatic carbocycles. The number of nitrogens with zero attached hydrogens (tertiary/aromatic N) is 1. The second kappa shape index (κ2) is 7.29. The summed E-state index contributed by atoms with van der Waals surface area (Å²) in [5, 5.41) is 16.2. The number of anilines is 2. The van der Waals surface area contributed by atoms with E-state index in [4.69, 9.17) is 23.2 Å². The van der Waals surface area contributed by atoms with Crippen molar-refractivity contribution in [3.63, 3.8) is 0 Å². The van der Waals surface area contributed by atoms with Crippen LogP contribution in [-0.2, 0) is 4.79 Å². The predicted octanol–water partition coefficient (Wildman–Crippen LogP) is 4.11. The average molecular weight is 368 g/mol. The minimum absolute atomic E-state index is 0.0593. The molecule has 0 bridgehead atoms. The van der Waals surface area contributed by atoms with Gasteiger partial charge in [-0.3, -0.25) is 19.7 Å². The molecule has 2 aromatic carbocycles. The molecule has 0 aromatic heterocycles. The lowest BCUT2D eigenvalue weighted by atomic mass is 10.2. The fraction of sp³-hybridized carbons (Fsp3) is 0.0667. The summed E-state index contributed by atoms with van der Waals surface area (Å²) in [4.78, 5) is 33.5. The first-order chi connectivity index (χ1) is 11.3. The lowest BCUT2D eigenvalue weighted by Gasteiger charge is -2.10. The van der Waals surface area contributed by atoms with Crippen LogP contribution in [0.2, 0.25) is 10.0 Å². The maximum absolute atomic E-state index is 12.2. The SMILES string of the molecule is CC(=O)Nc1cc(NC(=O)c2ccc(Cl)c([N+](=O)[O-])c2)ccc1Cl. The van der Waals surface area contributed by atoms with E-state index in [9.17, 15) is 19.7 Å². The Labute approximate surface area is 146 Å². The Balaban J connectivity index is 2.25. The molecule has 124 valence electrons. The number of rotatable bonds is 4. The fourth-order valence-electron chi connectivity index (χ4n) is 1.89. The number of halogens is 2. The van der Waals surface area contributed by atoms with E-state index in [1.54, 1.807) is 0 Å². The van der Waals surface area contributed by atoms with Crippen molar-refractivity contribution in [2.24, 2.45) is 0 Å². The van der Waals surface area contributed by atoms with Gasteiger partial charge < -0.3 is 10.6 Å². The predicted molar refractivity (Wildman–Crippen MR) is 91.8 cm³/mol. The molecular formula is C15H11Cl2N3O4. The summed E-state index contributed by atoms with van der Waals surface area (Å²) in [5.41, 5.74) is 0.413. The number of hydrogen-bond donors (Lipinski definition) is 2. The van der Waals surface area contributed by atoms with E-state index in [1.807, 2.05) is 0 Å². The minimum Gasteiger partial charge on any atom is -0.325 e. The molecule has 2 aromatic rings. The van der Waals surface area contributed by atoms with Gasteiger partial charge >= 0.3 is 0 Å². The highest BCUT2D eigenvalue weighted by Crippen LogP contribution is 2.27. The molecule has 0 atom stereocenters. The molecule has 9 heteroatoms. The summed E-state index contributed by atoms with van der Waals surface area (Å²) in [5.74, 6) is -0.875. The number of carbonyl (C=O) groups is 2. The number of amides is 2. The third kappa shape index (κ3) is 4.21. The zero-order chi connectivity index (χ0) is 17.9. The first-order valence-electron chi connectivity index (χ1n) is 6.60. The summed E-state index contributed by atoms with van der Waals surface area (Å²) in [6, 6.07) is 8.26. The minimum atomic E-state index is -0.670. The molecule has 0 heterocycles. The van der Waals surface area contributed by atoms with Gasteiger partial charge in [0, 0.05) is 24.2 Å². The van der Waals surface area contributed by atoms with Crippen LogP contribution in [0.25, 0.3) is 0 Å². The lowest BCUT2D eigenvalue weighted by Crippen LogP contribution is -2.13. The number of benzene rings is 2. The van der Waals surface area contributed by atoms with E-state index in [0.717, 1.165) is 6.07 Å². The lowest BCUT2D eigenvalue weighted by molar-refractivity contribution is -0.384. The van der Waals surface area contributed by atoms with Crippen LogP contribution in [0, 0.1) is 10.1 Å². The highest BCUT2D eigenvalue weighted by Gasteiger charge is 2.16. The molecule has 0 saturated carbocycles. The summed E-state index contributed by atoms with van der Waals surface area (Å²) < 4.78 is 0. The van der Waals surface area contributed by atoms with Gasteiger partial charge in [0.25, 0.3) is 11.6 Å². The van der Waals surface area contributed by atoms with Crippen molar-refractivity contribution in [1.82, 2.24) is 0 Å². The molecule has 0 fully saturated rings. The fourth-order valence-corrected chi connectivity index (χ4v) is 2.24. The van der Waals surface area contributed by atoms with Crippen LogP contribution in [0.4, 0.5) is 17.1 Å². The Morgan fingerprint density at radius 2 is 1.71 bits per heavy atom. The van der Waals surface area contributed by atoms with Gasteiger partial charge in [0.1, 0.15) is 5.02 Å². The van der Waals surface area contributed by atoms with Crippen LogP contribution in [0.3, 0.4) is 0 Å². The van der Waals surface area contributed by atoms with Crippen LogP contribution >= 0.6 is 23.2 Å². The molecule has 0 radical (unpaired) electrons. The van der Waals surface area contributed by atoms with Crippen LogP contribution in [0.15, 0.2) is 36.4 Å². The normalized spacial score (nSPS) is 10.1. The number of nitrogens with one attached hydrogen (secondary N) is 2. The third-order valence-electron chi connectivity index (χ3n) is 2.94. The van der Waals surface area contributed by atoms with Crippen LogP contribution in [0.5, 0.6) is 0 Å². The standard InChI is InChI=1S/C15H11Cl2N3O4/c1-8(21)18-13-7-10(3-5-11(13)16)19-15(22)9-2-4-12(17)14(6-9)20(23)24/h2-7H,1H3,(H,18,21)(H,19,22). The van der Waals surface area contributed by atoms with Gasteiger partial charge in [-0.05, 0) is 30.3 Å². The van der Waals surface area contributed by atoms with Gasteiger partial charge in [0.05, 0.1) is 15.6 Å². The summed E-state index contributed by atoms with van der Waals surface area (Å²) >= 11 is 11.7. The van der Waals surface area contributed by atoms with Gasteiger partial charge in [-0.15, -0.1) is 0 Å². The van der Waals surface area contributed by atoms with Crippen molar-refractivity contribution in [1.29, 1.82) is 0 Å². The monoisotopic (exact) mass is 367 g/mol.